The van der Waals surface area contributed by atoms with Crippen LogP contribution < -0.4 is 0 Å². The Hall–Kier alpha value is -9.02. The van der Waals surface area contributed by atoms with Crippen LogP contribution in [-0.2, 0) is 0 Å². The number of allylic oxidation sites excluding steroid dienone is 8. The highest BCUT2D eigenvalue weighted by Gasteiger charge is 2.25. The van der Waals surface area contributed by atoms with Crippen molar-refractivity contribution in [3.05, 3.63) is 212 Å². The lowest BCUT2D eigenvalue weighted by atomic mass is 9.89. The molecule has 6 aromatic heterocycles. The van der Waals surface area contributed by atoms with E-state index in [0.717, 1.165) is 84.2 Å². The van der Waals surface area contributed by atoms with E-state index in [1.165, 1.54) is 0 Å². The Balaban J connectivity index is 0.983. The molecule has 0 saturated carbocycles. The predicted octanol–water partition coefficient (Wildman–Crippen LogP) is 13.5. The van der Waals surface area contributed by atoms with Crippen molar-refractivity contribution < 1.29 is 0 Å². The molecule has 5 aromatic carbocycles. The van der Waals surface area contributed by atoms with E-state index in [2.05, 4.69) is 138 Å². The molecule has 0 amide bonds. The summed E-state index contributed by atoms with van der Waals surface area (Å²) in [5.74, 6) is 5.81. The molecular formula is C60H44N10. The maximum absolute atomic E-state index is 5.40. The van der Waals surface area contributed by atoms with Crippen molar-refractivity contribution in [1.82, 2.24) is 49.0 Å². The molecule has 10 nitrogen and oxygen atoms in total. The number of benzene rings is 5. The van der Waals surface area contributed by atoms with Crippen molar-refractivity contribution >= 4 is 49.2 Å². The van der Waals surface area contributed by atoms with Gasteiger partial charge in [0.25, 0.3) is 0 Å². The molecule has 0 bridgehead atoms. The van der Waals surface area contributed by atoms with Crippen LogP contribution in [0.4, 0.5) is 0 Å². The van der Waals surface area contributed by atoms with Crippen molar-refractivity contribution in [2.24, 2.45) is 11.8 Å². The van der Waals surface area contributed by atoms with Gasteiger partial charge in [0.1, 0.15) is 28.8 Å². The number of para-hydroxylation sites is 2. The summed E-state index contributed by atoms with van der Waals surface area (Å²) < 4.78 is 4.50. The summed E-state index contributed by atoms with van der Waals surface area (Å²) in [7, 11) is 0. The van der Waals surface area contributed by atoms with Crippen LogP contribution in [0.3, 0.4) is 0 Å². The summed E-state index contributed by atoms with van der Waals surface area (Å²) in [5, 5.41) is 4.48. The Morgan fingerprint density at radius 3 is 1.50 bits per heavy atom. The lowest BCUT2D eigenvalue weighted by Crippen LogP contribution is -2.15. The summed E-state index contributed by atoms with van der Waals surface area (Å²) >= 11 is 0. The van der Waals surface area contributed by atoms with E-state index in [1.807, 2.05) is 84.9 Å². The number of aromatic nitrogens is 10. The Kier molecular flexibility index (Phi) is 9.97. The van der Waals surface area contributed by atoms with Gasteiger partial charge in [-0.2, -0.15) is 0 Å². The van der Waals surface area contributed by atoms with Gasteiger partial charge in [-0.05, 0) is 66.8 Å². The van der Waals surface area contributed by atoms with E-state index in [0.29, 0.717) is 46.4 Å². The molecule has 2 aliphatic rings. The van der Waals surface area contributed by atoms with Crippen molar-refractivity contribution in [2.45, 2.75) is 26.2 Å². The Labute approximate surface area is 403 Å². The summed E-state index contributed by atoms with van der Waals surface area (Å²) in [6, 6.07) is 53.9. The van der Waals surface area contributed by atoms with E-state index >= 15 is 0 Å². The molecule has 0 radical (unpaired) electrons. The predicted molar refractivity (Wildman–Crippen MR) is 280 cm³/mol. The third kappa shape index (κ3) is 7.20. The zero-order valence-corrected chi connectivity index (χ0v) is 38.5. The van der Waals surface area contributed by atoms with E-state index < -0.39 is 0 Å². The smallest absolute Gasteiger partial charge is 0.182 e. The van der Waals surface area contributed by atoms with E-state index in [1.54, 1.807) is 0 Å². The average Bonchev–Trinajstić information content (AvgIpc) is 3.92. The number of nitrogens with zero attached hydrogens (tertiary/aromatic N) is 10. The maximum Gasteiger partial charge on any atom is 0.182 e. The van der Waals surface area contributed by atoms with Crippen molar-refractivity contribution in [3.8, 4) is 57.4 Å². The third-order valence-corrected chi connectivity index (χ3v) is 13.5. The second-order valence-electron chi connectivity index (χ2n) is 18.1. The molecule has 3 unspecified atom stereocenters. The normalized spacial score (nSPS) is 16.7. The van der Waals surface area contributed by atoms with Crippen LogP contribution in [0.2, 0.25) is 0 Å². The third-order valence-electron chi connectivity index (χ3n) is 13.5. The van der Waals surface area contributed by atoms with Gasteiger partial charge in [-0.25, -0.2) is 39.9 Å². The zero-order valence-electron chi connectivity index (χ0n) is 38.5. The minimum absolute atomic E-state index is 0.0122. The van der Waals surface area contributed by atoms with Gasteiger partial charge in [0, 0.05) is 44.2 Å². The molecule has 10 heteroatoms. The highest BCUT2D eigenvalue weighted by atomic mass is 15.1. The molecule has 6 heterocycles. The maximum atomic E-state index is 5.40. The Morgan fingerprint density at radius 1 is 0.414 bits per heavy atom. The molecule has 2 aliphatic carbocycles. The van der Waals surface area contributed by atoms with Gasteiger partial charge in [0.15, 0.2) is 29.1 Å². The average molecular weight is 905 g/mol. The lowest BCUT2D eigenvalue weighted by Gasteiger charge is -2.20. The first-order valence-electron chi connectivity index (χ1n) is 23.8. The highest BCUT2D eigenvalue weighted by molar-refractivity contribution is 6.19. The number of pyridine rings is 2. The fourth-order valence-corrected chi connectivity index (χ4v) is 9.91. The Morgan fingerprint density at radius 2 is 0.929 bits per heavy atom. The first-order chi connectivity index (χ1) is 34.5. The van der Waals surface area contributed by atoms with Crippen LogP contribution in [0.5, 0.6) is 0 Å². The number of hydrogen-bond donors (Lipinski definition) is 0. The van der Waals surface area contributed by atoms with Crippen LogP contribution >= 0.6 is 0 Å². The molecule has 0 spiro atoms. The van der Waals surface area contributed by atoms with Crippen LogP contribution in [0.1, 0.15) is 37.8 Å². The van der Waals surface area contributed by atoms with Gasteiger partial charge in [-0.3, -0.25) is 9.13 Å². The standard InChI is InChI=1S/C60H44N10/c1-37-31-33-41(34-32-37)57-64-58(42-22-10-9-17-38(42)2)68-60(67-57)48-26-16-30-54(62-48)70-50-28-14-12-24-44(50)46-35-45-43-23-11-13-27-49(43)69(51(45)36-52(46)70)53-29-15-25-47(61-53)59-65-55(39-18-5-3-6-19-39)63-56(66-59)40-20-7-4-8-21-40/h3-31,33-38,42H,32H2,1-2H3. The molecule has 0 saturated heterocycles. The largest absolute Gasteiger partial charge is 0.294 e. The fourth-order valence-electron chi connectivity index (χ4n) is 9.91. The summed E-state index contributed by atoms with van der Waals surface area (Å²) in [4.78, 5) is 41.1. The van der Waals surface area contributed by atoms with E-state index in [-0.39, 0.29) is 11.8 Å². The fraction of sp³-hybridized carbons (Fsp3) is 0.100. The molecule has 334 valence electrons. The molecule has 11 aromatic rings. The van der Waals surface area contributed by atoms with Gasteiger partial charge in [-0.1, -0.05) is 166 Å². The molecule has 13 rings (SSSR count). The highest BCUT2D eigenvalue weighted by Crippen LogP contribution is 2.40. The van der Waals surface area contributed by atoms with Crippen molar-refractivity contribution in [3.63, 3.8) is 0 Å². The Bertz CT molecular complexity index is 3920. The number of rotatable bonds is 8. The minimum Gasteiger partial charge on any atom is -0.294 e. The molecule has 0 aliphatic heterocycles. The number of fused-ring (bicyclic) bond motifs is 6. The summed E-state index contributed by atoms with van der Waals surface area (Å²) in [6.45, 7) is 4.43. The number of hydrogen-bond acceptors (Lipinski definition) is 8. The van der Waals surface area contributed by atoms with Crippen LogP contribution in [0.15, 0.2) is 200 Å². The van der Waals surface area contributed by atoms with Gasteiger partial charge in [-0.15, -0.1) is 0 Å². The molecule has 3 atom stereocenters. The van der Waals surface area contributed by atoms with Crippen LogP contribution in [0, 0.1) is 11.8 Å². The topological polar surface area (TPSA) is 113 Å². The van der Waals surface area contributed by atoms with Gasteiger partial charge >= 0.3 is 0 Å². The minimum atomic E-state index is 0.0122. The SMILES string of the molecule is CC1C=CC(c2nc(-c3cccc(-n4c5ccccc5c5cc6c7ccccc7n(-c7cccc(-c8nc(-c9ccccc9)nc(-c9ccccc9)n8)n7)c6cc54)n3)nc(C3C=CC=CC3C)n2)=CC1. The first-order valence-corrected chi connectivity index (χ1v) is 23.8. The molecule has 0 fully saturated rings. The molecule has 70 heavy (non-hydrogen) atoms. The lowest BCUT2D eigenvalue weighted by molar-refractivity contribution is 0.598. The van der Waals surface area contributed by atoms with Gasteiger partial charge in [0.05, 0.1) is 22.1 Å². The van der Waals surface area contributed by atoms with Crippen molar-refractivity contribution in [2.75, 3.05) is 0 Å². The zero-order chi connectivity index (χ0) is 46.7. The second kappa shape index (κ2) is 16.9. The van der Waals surface area contributed by atoms with Crippen LogP contribution in [-0.4, -0.2) is 49.0 Å². The molecular weight excluding hydrogens is 861 g/mol. The van der Waals surface area contributed by atoms with Gasteiger partial charge < -0.3 is 0 Å². The van der Waals surface area contributed by atoms with Gasteiger partial charge in [0.2, 0.25) is 0 Å². The second-order valence-corrected chi connectivity index (χ2v) is 18.1. The summed E-state index contributed by atoms with van der Waals surface area (Å²) in [5.41, 5.74) is 8.20. The monoisotopic (exact) mass is 904 g/mol. The summed E-state index contributed by atoms with van der Waals surface area (Å²) in [6.07, 6.45) is 16.1. The van der Waals surface area contributed by atoms with Crippen molar-refractivity contribution in [1.29, 1.82) is 0 Å². The van der Waals surface area contributed by atoms with E-state index in [9.17, 15) is 0 Å². The molecule has 0 N–H and O–H groups in total. The quantitative estimate of drug-likeness (QED) is 0.148. The van der Waals surface area contributed by atoms with E-state index in [4.69, 9.17) is 39.9 Å². The van der Waals surface area contributed by atoms with Crippen LogP contribution in [0.25, 0.3) is 107 Å². The first kappa shape index (κ1) is 41.2.